The Balaban J connectivity index is 1.97. The van der Waals surface area contributed by atoms with Crippen molar-refractivity contribution in [3.8, 4) is 17.2 Å². The monoisotopic (exact) mass is 494 g/mol. The van der Waals surface area contributed by atoms with Crippen molar-refractivity contribution in [1.29, 1.82) is 0 Å². The van der Waals surface area contributed by atoms with E-state index in [1.807, 2.05) is 6.92 Å². The largest absolute Gasteiger partial charge is 0.508 e. The van der Waals surface area contributed by atoms with Crippen LogP contribution in [0.5, 0.6) is 17.2 Å². The van der Waals surface area contributed by atoms with Crippen molar-refractivity contribution in [2.45, 2.75) is 26.8 Å². The molecule has 1 aromatic heterocycles. The first kappa shape index (κ1) is 24.3. The van der Waals surface area contributed by atoms with Crippen LogP contribution in [0, 0.1) is 0 Å². The molecule has 35 heavy (non-hydrogen) atoms. The van der Waals surface area contributed by atoms with Gasteiger partial charge in [-0.3, -0.25) is 9.36 Å². The Hall–Kier alpha value is -3.85. The van der Waals surface area contributed by atoms with E-state index in [1.54, 1.807) is 69.5 Å². The molecule has 0 saturated heterocycles. The molecule has 3 aromatic rings. The van der Waals surface area contributed by atoms with Crippen LogP contribution in [0.4, 0.5) is 0 Å². The first-order valence-corrected chi connectivity index (χ1v) is 12.0. The predicted octanol–water partition coefficient (Wildman–Crippen LogP) is 2.91. The van der Waals surface area contributed by atoms with Crippen LogP contribution in [-0.2, 0) is 9.53 Å². The standard InChI is InChI=1S/C26H26N2O6S/c1-5-33-20-14-17(10-11-19(20)32-4)23-22(25(31)34-6-2)15(3)27-26-28(23)24(30)21(35-26)13-16-8-7-9-18(29)12-16/h7-14,23,29H,5-6H2,1-4H3/t23-/m1/s1. The molecule has 0 fully saturated rings. The van der Waals surface area contributed by atoms with E-state index in [-0.39, 0.29) is 23.5 Å². The molecule has 1 aliphatic rings. The maximum atomic E-state index is 13.6. The molecule has 2 aromatic carbocycles. The summed E-state index contributed by atoms with van der Waals surface area (Å²) in [4.78, 5) is 31.7. The lowest BCUT2D eigenvalue weighted by molar-refractivity contribution is -0.139. The van der Waals surface area contributed by atoms with Gasteiger partial charge in [-0.25, -0.2) is 9.79 Å². The number of allylic oxidation sites excluding steroid dienone is 1. The maximum Gasteiger partial charge on any atom is 0.338 e. The van der Waals surface area contributed by atoms with Crippen LogP contribution in [0.25, 0.3) is 6.08 Å². The molecule has 0 amide bonds. The van der Waals surface area contributed by atoms with E-state index in [4.69, 9.17) is 14.2 Å². The second-order valence-electron chi connectivity index (χ2n) is 7.74. The fourth-order valence-corrected chi connectivity index (χ4v) is 5.05. The van der Waals surface area contributed by atoms with Crippen LogP contribution in [0.3, 0.4) is 0 Å². The molecule has 0 aliphatic carbocycles. The van der Waals surface area contributed by atoms with Gasteiger partial charge < -0.3 is 19.3 Å². The van der Waals surface area contributed by atoms with Gasteiger partial charge in [0.2, 0.25) is 0 Å². The number of hydrogen-bond donors (Lipinski definition) is 1. The predicted molar refractivity (Wildman–Crippen MR) is 133 cm³/mol. The average molecular weight is 495 g/mol. The third-order valence-electron chi connectivity index (χ3n) is 5.49. The lowest BCUT2D eigenvalue weighted by Gasteiger charge is -2.25. The molecule has 8 nitrogen and oxygen atoms in total. The number of esters is 1. The molecule has 4 rings (SSSR count). The van der Waals surface area contributed by atoms with Gasteiger partial charge in [0.05, 0.1) is 42.2 Å². The highest BCUT2D eigenvalue weighted by Crippen LogP contribution is 2.36. The summed E-state index contributed by atoms with van der Waals surface area (Å²) in [6, 6.07) is 11.2. The molecule has 0 radical (unpaired) electrons. The number of hydrogen-bond acceptors (Lipinski definition) is 8. The molecular formula is C26H26N2O6S. The number of phenolic OH excluding ortho intramolecular Hbond substituents is 1. The van der Waals surface area contributed by atoms with Gasteiger partial charge >= 0.3 is 5.97 Å². The number of benzene rings is 2. The number of phenols is 1. The van der Waals surface area contributed by atoms with Crippen molar-refractivity contribution in [2.24, 2.45) is 4.99 Å². The molecule has 1 N–H and O–H groups in total. The first-order valence-electron chi connectivity index (χ1n) is 11.2. The fourth-order valence-electron chi connectivity index (χ4n) is 4.00. The quantitative estimate of drug-likeness (QED) is 0.507. The Morgan fingerprint density at radius 3 is 2.66 bits per heavy atom. The van der Waals surface area contributed by atoms with Crippen LogP contribution in [0.2, 0.25) is 0 Å². The molecule has 9 heteroatoms. The van der Waals surface area contributed by atoms with Gasteiger partial charge in [0.15, 0.2) is 16.3 Å². The van der Waals surface area contributed by atoms with Gasteiger partial charge in [-0.15, -0.1) is 0 Å². The minimum atomic E-state index is -0.762. The van der Waals surface area contributed by atoms with Gasteiger partial charge in [0.25, 0.3) is 5.56 Å². The van der Waals surface area contributed by atoms with E-state index in [1.165, 1.54) is 15.9 Å². The third kappa shape index (κ3) is 4.72. The minimum absolute atomic E-state index is 0.103. The molecule has 0 saturated carbocycles. The number of carbonyl (C=O) groups is 1. The molecule has 0 spiro atoms. The van der Waals surface area contributed by atoms with E-state index < -0.39 is 12.0 Å². The van der Waals surface area contributed by atoms with Gasteiger partial charge in [-0.1, -0.05) is 29.5 Å². The highest BCUT2D eigenvalue weighted by Gasteiger charge is 2.33. The number of methoxy groups -OCH3 is 1. The lowest BCUT2D eigenvalue weighted by atomic mass is 9.95. The number of thiazole rings is 1. The summed E-state index contributed by atoms with van der Waals surface area (Å²) in [5.74, 6) is 0.624. The number of rotatable bonds is 7. The zero-order valence-corrected chi connectivity index (χ0v) is 20.7. The van der Waals surface area contributed by atoms with Crippen LogP contribution in [0.1, 0.15) is 37.9 Å². The zero-order chi connectivity index (χ0) is 25.1. The van der Waals surface area contributed by atoms with E-state index in [2.05, 4.69) is 4.99 Å². The number of carbonyl (C=O) groups excluding carboxylic acids is 1. The second-order valence-corrected chi connectivity index (χ2v) is 8.75. The summed E-state index contributed by atoms with van der Waals surface area (Å²) < 4.78 is 18.4. The SMILES string of the molecule is CCOC(=O)C1=C(C)N=c2sc(=Cc3cccc(O)c3)c(=O)n2[C@@H]1c1ccc(OC)c(OCC)c1. The molecule has 182 valence electrons. The van der Waals surface area contributed by atoms with E-state index in [0.717, 1.165) is 0 Å². The van der Waals surface area contributed by atoms with Gasteiger partial charge in [0, 0.05) is 0 Å². The summed E-state index contributed by atoms with van der Waals surface area (Å²) in [7, 11) is 1.55. The average Bonchev–Trinajstić information content (AvgIpc) is 3.12. The molecule has 2 heterocycles. The van der Waals surface area contributed by atoms with Crippen molar-refractivity contribution >= 4 is 23.4 Å². The van der Waals surface area contributed by atoms with Gasteiger partial charge in [-0.05, 0) is 62.2 Å². The van der Waals surface area contributed by atoms with Crippen LogP contribution < -0.4 is 24.4 Å². The van der Waals surface area contributed by atoms with Crippen LogP contribution in [-0.4, -0.2) is 36.0 Å². The maximum absolute atomic E-state index is 13.6. The molecule has 1 aliphatic heterocycles. The minimum Gasteiger partial charge on any atom is -0.508 e. The Labute approximate surface area is 206 Å². The van der Waals surface area contributed by atoms with E-state index >= 15 is 0 Å². The molecule has 0 unspecified atom stereocenters. The number of ether oxygens (including phenoxy) is 3. The number of nitrogens with zero attached hydrogens (tertiary/aromatic N) is 2. The van der Waals surface area contributed by atoms with Crippen molar-refractivity contribution in [2.75, 3.05) is 20.3 Å². The fraction of sp³-hybridized carbons (Fsp3) is 0.269. The summed E-state index contributed by atoms with van der Waals surface area (Å²) in [5.41, 5.74) is 1.81. The second kappa shape index (κ2) is 10.2. The highest BCUT2D eigenvalue weighted by atomic mass is 32.1. The van der Waals surface area contributed by atoms with Gasteiger partial charge in [-0.2, -0.15) is 0 Å². The summed E-state index contributed by atoms with van der Waals surface area (Å²) in [5, 5.41) is 9.81. The number of fused-ring (bicyclic) bond motifs is 1. The summed E-state index contributed by atoms with van der Waals surface area (Å²) in [6.07, 6.45) is 1.70. The van der Waals surface area contributed by atoms with Crippen molar-refractivity contribution in [3.05, 3.63) is 84.5 Å². The Bertz CT molecular complexity index is 1480. The van der Waals surface area contributed by atoms with Gasteiger partial charge in [0.1, 0.15) is 5.75 Å². The molecule has 1 atom stereocenters. The van der Waals surface area contributed by atoms with Crippen molar-refractivity contribution in [3.63, 3.8) is 0 Å². The molecular weight excluding hydrogens is 468 g/mol. The molecule has 0 bridgehead atoms. The smallest absolute Gasteiger partial charge is 0.338 e. The van der Waals surface area contributed by atoms with E-state index in [0.29, 0.717) is 44.3 Å². The number of aromatic nitrogens is 1. The van der Waals surface area contributed by atoms with Crippen molar-refractivity contribution < 1.29 is 24.1 Å². The lowest BCUT2D eigenvalue weighted by Crippen LogP contribution is -2.40. The highest BCUT2D eigenvalue weighted by molar-refractivity contribution is 7.07. The topological polar surface area (TPSA) is 99.4 Å². The summed E-state index contributed by atoms with van der Waals surface area (Å²) in [6.45, 7) is 5.94. The third-order valence-corrected chi connectivity index (χ3v) is 6.47. The first-order chi connectivity index (χ1) is 16.9. The summed E-state index contributed by atoms with van der Waals surface area (Å²) >= 11 is 1.22. The van der Waals surface area contributed by atoms with Crippen LogP contribution >= 0.6 is 11.3 Å². The Morgan fingerprint density at radius 2 is 1.97 bits per heavy atom. The number of aromatic hydroxyl groups is 1. The Morgan fingerprint density at radius 1 is 1.17 bits per heavy atom. The Kier molecular flexibility index (Phi) is 7.07. The van der Waals surface area contributed by atoms with E-state index in [9.17, 15) is 14.7 Å². The normalized spacial score (nSPS) is 15.4. The zero-order valence-electron chi connectivity index (χ0n) is 19.9. The van der Waals surface area contributed by atoms with Crippen LogP contribution in [0.15, 0.2) is 63.5 Å². The van der Waals surface area contributed by atoms with Crippen molar-refractivity contribution in [1.82, 2.24) is 4.57 Å².